The molecule has 0 radical (unpaired) electrons. The summed E-state index contributed by atoms with van der Waals surface area (Å²) in [4.78, 5) is 24.7. The second-order valence-corrected chi connectivity index (χ2v) is 8.43. The van der Waals surface area contributed by atoms with E-state index < -0.39 is 4.92 Å². The normalized spacial score (nSPS) is 14.8. The number of nitro benzene ring substituents is 1. The molecule has 0 aliphatic heterocycles. The predicted molar refractivity (Wildman–Crippen MR) is 115 cm³/mol. The molecule has 0 saturated carbocycles. The Morgan fingerprint density at radius 2 is 2.00 bits per heavy atom. The zero-order chi connectivity index (χ0) is 21.4. The Bertz CT molecular complexity index is 1210. The molecular weight excluding hydrogens is 400 g/mol. The molecule has 1 aliphatic carbocycles. The van der Waals surface area contributed by atoms with Crippen LogP contribution in [-0.2, 0) is 13.5 Å². The molecule has 0 spiro atoms. The number of nitro groups is 1. The van der Waals surface area contributed by atoms with E-state index in [1.54, 1.807) is 36.2 Å². The molecule has 0 saturated heterocycles. The number of rotatable bonds is 4. The number of nitrogens with zero attached hydrogens (tertiary/aromatic N) is 4. The van der Waals surface area contributed by atoms with Gasteiger partial charge >= 0.3 is 0 Å². The van der Waals surface area contributed by atoms with E-state index in [9.17, 15) is 14.9 Å². The molecule has 30 heavy (non-hydrogen) atoms. The quantitative estimate of drug-likeness (QED) is 0.345. The summed E-state index contributed by atoms with van der Waals surface area (Å²) >= 11 is 1.19. The molecule has 3 aromatic rings. The lowest BCUT2D eigenvalue weighted by Crippen LogP contribution is -2.15. The summed E-state index contributed by atoms with van der Waals surface area (Å²) in [6.45, 7) is 4.01. The van der Waals surface area contributed by atoms with E-state index in [1.807, 2.05) is 19.9 Å². The first-order chi connectivity index (χ1) is 14.3. The summed E-state index contributed by atoms with van der Waals surface area (Å²) in [6.07, 6.45) is 4.73. The molecule has 0 atom stereocenters. The maximum Gasteiger partial charge on any atom is 0.283 e. The highest BCUT2D eigenvalue weighted by Crippen LogP contribution is 2.35. The SMILES string of the molecule is Cc1cc(C)c2c(c1)C(=O)/C(=C\c1ccc(Sc3nncn3C)c([N+](=O)[O-])c1)CC2. The molecule has 1 aromatic heterocycles. The third kappa shape index (κ3) is 3.78. The summed E-state index contributed by atoms with van der Waals surface area (Å²) in [7, 11) is 1.78. The number of aromatic nitrogens is 3. The van der Waals surface area contributed by atoms with Crippen LogP contribution in [0.25, 0.3) is 6.08 Å². The van der Waals surface area contributed by atoms with Gasteiger partial charge in [0.25, 0.3) is 5.69 Å². The van der Waals surface area contributed by atoms with Crippen LogP contribution in [0.3, 0.4) is 0 Å². The van der Waals surface area contributed by atoms with E-state index in [0.29, 0.717) is 27.6 Å². The molecule has 152 valence electrons. The third-order valence-corrected chi connectivity index (χ3v) is 6.31. The lowest BCUT2D eigenvalue weighted by molar-refractivity contribution is -0.387. The molecule has 0 fully saturated rings. The highest BCUT2D eigenvalue weighted by atomic mass is 32.2. The summed E-state index contributed by atoms with van der Waals surface area (Å²) < 4.78 is 1.70. The number of Topliss-reactive ketones (excluding diaryl/α,β-unsaturated/α-hetero) is 1. The molecule has 4 rings (SSSR count). The van der Waals surface area contributed by atoms with E-state index in [4.69, 9.17) is 0 Å². The fraction of sp³-hybridized carbons (Fsp3) is 0.227. The Morgan fingerprint density at radius 1 is 1.20 bits per heavy atom. The fourth-order valence-corrected chi connectivity index (χ4v) is 4.58. The summed E-state index contributed by atoms with van der Waals surface area (Å²) in [6, 6.07) is 9.02. The number of allylic oxidation sites excluding steroid dienone is 1. The van der Waals surface area contributed by atoms with Crippen LogP contribution in [0.15, 0.2) is 52.3 Å². The van der Waals surface area contributed by atoms with Crippen molar-refractivity contribution in [1.82, 2.24) is 14.8 Å². The van der Waals surface area contributed by atoms with Gasteiger partial charge in [0.1, 0.15) is 6.33 Å². The van der Waals surface area contributed by atoms with Gasteiger partial charge in [-0.1, -0.05) is 17.7 Å². The second kappa shape index (κ2) is 7.87. The van der Waals surface area contributed by atoms with Crippen molar-refractivity contribution < 1.29 is 9.72 Å². The van der Waals surface area contributed by atoms with Crippen LogP contribution in [0.4, 0.5) is 5.69 Å². The van der Waals surface area contributed by atoms with Crippen molar-refractivity contribution in [1.29, 1.82) is 0 Å². The van der Waals surface area contributed by atoms with Gasteiger partial charge in [0.05, 0.1) is 9.82 Å². The van der Waals surface area contributed by atoms with Gasteiger partial charge in [0.2, 0.25) is 0 Å². The number of fused-ring (bicyclic) bond motifs is 1. The van der Waals surface area contributed by atoms with E-state index in [-0.39, 0.29) is 11.5 Å². The molecule has 0 amide bonds. The average Bonchev–Trinajstić information content (AvgIpc) is 3.10. The number of hydrogen-bond donors (Lipinski definition) is 0. The number of carbonyl (C=O) groups excluding carboxylic acids is 1. The van der Waals surface area contributed by atoms with Gasteiger partial charge in [-0.15, -0.1) is 10.2 Å². The molecule has 0 N–H and O–H groups in total. The third-order valence-electron chi connectivity index (χ3n) is 5.19. The first-order valence-corrected chi connectivity index (χ1v) is 10.3. The highest BCUT2D eigenvalue weighted by Gasteiger charge is 2.24. The summed E-state index contributed by atoms with van der Waals surface area (Å²) in [5.74, 6) is 0.00300. The summed E-state index contributed by atoms with van der Waals surface area (Å²) in [5.41, 5.74) is 5.33. The minimum Gasteiger partial charge on any atom is -0.311 e. The van der Waals surface area contributed by atoms with Crippen LogP contribution in [-0.4, -0.2) is 25.5 Å². The zero-order valence-corrected chi connectivity index (χ0v) is 17.7. The Balaban J connectivity index is 1.68. The van der Waals surface area contributed by atoms with Crippen molar-refractivity contribution in [3.8, 4) is 0 Å². The van der Waals surface area contributed by atoms with Gasteiger partial charge in [0.15, 0.2) is 10.9 Å². The summed E-state index contributed by atoms with van der Waals surface area (Å²) in [5, 5.41) is 20.0. The fourth-order valence-electron chi connectivity index (χ4n) is 3.73. The number of hydrogen-bond acceptors (Lipinski definition) is 6. The van der Waals surface area contributed by atoms with Crippen molar-refractivity contribution in [2.45, 2.75) is 36.7 Å². The lowest BCUT2D eigenvalue weighted by atomic mass is 9.83. The zero-order valence-electron chi connectivity index (χ0n) is 16.9. The maximum absolute atomic E-state index is 13.0. The molecule has 0 bridgehead atoms. The van der Waals surface area contributed by atoms with E-state index in [0.717, 1.165) is 28.7 Å². The van der Waals surface area contributed by atoms with Gasteiger partial charge in [-0.05, 0) is 73.4 Å². The van der Waals surface area contributed by atoms with Crippen molar-refractivity contribution in [3.63, 3.8) is 0 Å². The van der Waals surface area contributed by atoms with Crippen molar-refractivity contribution in [2.24, 2.45) is 7.05 Å². The standard InChI is InChI=1S/C22H20N4O3S/c1-13-8-14(2)17-6-5-16(21(27)18(17)9-13)10-15-4-7-20(19(11-15)26(28)29)30-22-24-23-12-25(22)3/h4,7-12H,5-6H2,1-3H3/b16-10-. The minimum absolute atomic E-state index is 0.00300. The Hall–Kier alpha value is -3.26. The van der Waals surface area contributed by atoms with E-state index in [1.165, 1.54) is 17.8 Å². The van der Waals surface area contributed by atoms with Gasteiger partial charge in [0, 0.05) is 24.3 Å². The molecule has 1 heterocycles. The van der Waals surface area contributed by atoms with Gasteiger partial charge in [-0.3, -0.25) is 14.9 Å². The van der Waals surface area contributed by atoms with E-state index >= 15 is 0 Å². The second-order valence-electron chi connectivity index (χ2n) is 7.42. The molecular formula is C22H20N4O3S. The highest BCUT2D eigenvalue weighted by molar-refractivity contribution is 7.99. The smallest absolute Gasteiger partial charge is 0.283 e. The monoisotopic (exact) mass is 420 g/mol. The first kappa shape index (κ1) is 20.0. The molecule has 0 unspecified atom stereocenters. The van der Waals surface area contributed by atoms with Crippen LogP contribution in [0.2, 0.25) is 0 Å². The largest absolute Gasteiger partial charge is 0.311 e. The van der Waals surface area contributed by atoms with Gasteiger partial charge < -0.3 is 4.57 Å². The van der Waals surface area contributed by atoms with Crippen molar-refractivity contribution in [3.05, 3.63) is 80.2 Å². The van der Waals surface area contributed by atoms with E-state index in [2.05, 4.69) is 16.3 Å². The van der Waals surface area contributed by atoms with Crippen molar-refractivity contribution in [2.75, 3.05) is 0 Å². The maximum atomic E-state index is 13.0. The first-order valence-electron chi connectivity index (χ1n) is 9.49. The van der Waals surface area contributed by atoms with Crippen molar-refractivity contribution >= 4 is 29.3 Å². The van der Waals surface area contributed by atoms with Crippen LogP contribution in [0, 0.1) is 24.0 Å². The van der Waals surface area contributed by atoms with Gasteiger partial charge in [-0.25, -0.2) is 0 Å². The average molecular weight is 420 g/mol. The predicted octanol–water partition coefficient (Wildman–Crippen LogP) is 4.70. The van der Waals surface area contributed by atoms with Gasteiger partial charge in [-0.2, -0.15) is 0 Å². The number of ketones is 1. The lowest BCUT2D eigenvalue weighted by Gasteiger charge is -2.20. The van der Waals surface area contributed by atoms with Crippen LogP contribution >= 0.6 is 11.8 Å². The molecule has 1 aliphatic rings. The van der Waals surface area contributed by atoms with Crippen LogP contribution in [0.1, 0.15) is 39.0 Å². The molecule has 7 nitrogen and oxygen atoms in total. The number of benzene rings is 2. The molecule has 2 aromatic carbocycles. The molecule has 8 heteroatoms. The van der Waals surface area contributed by atoms with Crippen LogP contribution < -0.4 is 0 Å². The topological polar surface area (TPSA) is 90.9 Å². The Labute approximate surface area is 178 Å². The number of aryl methyl sites for hydroxylation is 3. The van der Waals surface area contributed by atoms with Crippen LogP contribution in [0.5, 0.6) is 0 Å². The minimum atomic E-state index is -0.411. The Kier molecular flexibility index (Phi) is 5.26. The number of carbonyl (C=O) groups is 1. The Morgan fingerprint density at radius 3 is 2.70 bits per heavy atom.